The number of hydrogen-bond donors (Lipinski definition) is 1. The summed E-state index contributed by atoms with van der Waals surface area (Å²) in [5.74, 6) is 1.15. The van der Waals surface area contributed by atoms with Gasteiger partial charge in [-0.05, 0) is 18.2 Å². The van der Waals surface area contributed by atoms with E-state index >= 15 is 0 Å². The molecule has 1 aromatic carbocycles. The third-order valence-electron chi connectivity index (χ3n) is 2.54. The molecule has 19 heavy (non-hydrogen) atoms. The summed E-state index contributed by atoms with van der Waals surface area (Å²) < 4.78 is 7.38. The number of fused-ring (bicyclic) bond motifs is 1. The molecule has 0 aliphatic rings. The molecule has 2 N–H and O–H groups in total. The van der Waals surface area contributed by atoms with E-state index in [9.17, 15) is 0 Å². The minimum Gasteiger partial charge on any atom is -0.436 e. The molecular formula is C13H9N5O. The van der Waals surface area contributed by atoms with E-state index < -0.39 is 0 Å². The number of anilines is 1. The zero-order valence-electron chi connectivity index (χ0n) is 9.82. The Hall–Kier alpha value is -3.07. The fraction of sp³-hybridized carbons (Fsp3) is 0. The fourth-order valence-electron chi connectivity index (χ4n) is 1.73. The number of ether oxygens (including phenoxy) is 1. The van der Waals surface area contributed by atoms with Gasteiger partial charge in [-0.2, -0.15) is 10.2 Å². The van der Waals surface area contributed by atoms with Crippen LogP contribution in [0.4, 0.5) is 5.82 Å². The van der Waals surface area contributed by atoms with Crippen LogP contribution in [0.25, 0.3) is 5.65 Å². The van der Waals surface area contributed by atoms with Gasteiger partial charge in [-0.1, -0.05) is 6.07 Å². The topological polar surface area (TPSA) is 89.2 Å². The second-order valence-electron chi connectivity index (χ2n) is 3.87. The molecule has 0 saturated heterocycles. The Morgan fingerprint density at radius 1 is 1.37 bits per heavy atom. The van der Waals surface area contributed by atoms with Crippen molar-refractivity contribution < 1.29 is 4.74 Å². The van der Waals surface area contributed by atoms with Gasteiger partial charge in [0.15, 0.2) is 0 Å². The van der Waals surface area contributed by atoms with Crippen molar-refractivity contribution in [1.29, 1.82) is 5.26 Å². The highest BCUT2D eigenvalue weighted by Gasteiger charge is 2.09. The van der Waals surface area contributed by atoms with Gasteiger partial charge in [-0.25, -0.2) is 4.98 Å². The van der Waals surface area contributed by atoms with E-state index in [0.29, 0.717) is 28.7 Å². The number of aromatic nitrogens is 3. The summed E-state index contributed by atoms with van der Waals surface area (Å²) in [4.78, 5) is 8.27. The molecule has 0 amide bonds. The number of nitrogens with two attached hydrogens (primary N) is 1. The molecule has 3 aromatic rings. The van der Waals surface area contributed by atoms with Gasteiger partial charge in [0.2, 0.25) is 5.65 Å². The van der Waals surface area contributed by atoms with E-state index in [1.165, 1.54) is 0 Å². The van der Waals surface area contributed by atoms with E-state index in [0.717, 1.165) is 0 Å². The van der Waals surface area contributed by atoms with Crippen LogP contribution in [0.1, 0.15) is 5.56 Å². The van der Waals surface area contributed by atoms with Crippen molar-refractivity contribution >= 4 is 11.5 Å². The van der Waals surface area contributed by atoms with Gasteiger partial charge in [0.1, 0.15) is 11.6 Å². The van der Waals surface area contributed by atoms with Crippen molar-refractivity contribution in [3.05, 3.63) is 48.4 Å². The van der Waals surface area contributed by atoms with Gasteiger partial charge in [0.25, 0.3) is 5.88 Å². The van der Waals surface area contributed by atoms with Gasteiger partial charge < -0.3 is 10.5 Å². The van der Waals surface area contributed by atoms with Crippen molar-refractivity contribution in [2.24, 2.45) is 0 Å². The largest absolute Gasteiger partial charge is 0.436 e. The molecule has 0 aliphatic carbocycles. The highest BCUT2D eigenvalue weighted by molar-refractivity contribution is 5.54. The number of hydrogen-bond acceptors (Lipinski definition) is 5. The average Bonchev–Trinajstić information content (AvgIpc) is 2.87. The minimum absolute atomic E-state index is 0.306. The summed E-state index contributed by atoms with van der Waals surface area (Å²) in [5, 5.41) is 8.85. The van der Waals surface area contributed by atoms with Crippen molar-refractivity contribution in [3.8, 4) is 17.7 Å². The van der Waals surface area contributed by atoms with Crippen LogP contribution in [0.2, 0.25) is 0 Å². The average molecular weight is 251 g/mol. The number of benzene rings is 1. The standard InChI is InChI=1S/C13H9N5O/c14-7-9-2-1-3-10(6-9)19-13-12-16-4-5-18(12)8-11(15)17-13/h1-6,8H,15H2. The summed E-state index contributed by atoms with van der Waals surface area (Å²) in [5.41, 5.74) is 6.78. The summed E-state index contributed by atoms with van der Waals surface area (Å²) in [6.45, 7) is 0. The summed E-state index contributed by atoms with van der Waals surface area (Å²) in [7, 11) is 0. The first-order valence-corrected chi connectivity index (χ1v) is 5.53. The zero-order valence-corrected chi connectivity index (χ0v) is 9.82. The first kappa shape index (κ1) is 11.0. The van der Waals surface area contributed by atoms with E-state index in [1.807, 2.05) is 0 Å². The maximum atomic E-state index is 8.85. The Labute approximate surface area is 108 Å². The molecule has 0 radical (unpaired) electrons. The van der Waals surface area contributed by atoms with Crippen molar-refractivity contribution in [1.82, 2.24) is 14.4 Å². The fourth-order valence-corrected chi connectivity index (χ4v) is 1.73. The van der Waals surface area contributed by atoms with Crippen LogP contribution in [-0.4, -0.2) is 14.4 Å². The number of imidazole rings is 1. The van der Waals surface area contributed by atoms with Crippen molar-refractivity contribution in [3.63, 3.8) is 0 Å². The van der Waals surface area contributed by atoms with E-state index in [-0.39, 0.29) is 0 Å². The van der Waals surface area contributed by atoms with Crippen LogP contribution in [0, 0.1) is 11.3 Å². The van der Waals surface area contributed by atoms with Crippen LogP contribution < -0.4 is 10.5 Å². The Morgan fingerprint density at radius 2 is 2.26 bits per heavy atom. The first-order valence-electron chi connectivity index (χ1n) is 5.53. The Morgan fingerprint density at radius 3 is 3.11 bits per heavy atom. The summed E-state index contributed by atoms with van der Waals surface area (Å²) in [6, 6.07) is 8.86. The highest BCUT2D eigenvalue weighted by atomic mass is 16.5. The van der Waals surface area contributed by atoms with E-state index in [1.54, 1.807) is 47.3 Å². The molecule has 6 heteroatoms. The molecular weight excluding hydrogens is 242 g/mol. The lowest BCUT2D eigenvalue weighted by Gasteiger charge is -2.07. The molecule has 2 aromatic heterocycles. The third kappa shape index (κ3) is 2.05. The zero-order chi connectivity index (χ0) is 13.2. The molecule has 0 aliphatic heterocycles. The predicted octanol–water partition coefficient (Wildman–Crippen LogP) is 1.98. The van der Waals surface area contributed by atoms with Gasteiger partial charge in [-0.15, -0.1) is 0 Å². The summed E-state index contributed by atoms with van der Waals surface area (Å²) >= 11 is 0. The van der Waals surface area contributed by atoms with Crippen LogP contribution >= 0.6 is 0 Å². The van der Waals surface area contributed by atoms with Crippen LogP contribution in [0.15, 0.2) is 42.9 Å². The highest BCUT2D eigenvalue weighted by Crippen LogP contribution is 2.24. The van der Waals surface area contributed by atoms with E-state index in [2.05, 4.69) is 16.0 Å². The van der Waals surface area contributed by atoms with Gasteiger partial charge >= 0.3 is 0 Å². The van der Waals surface area contributed by atoms with Gasteiger partial charge in [0.05, 0.1) is 17.8 Å². The quantitative estimate of drug-likeness (QED) is 0.752. The normalized spacial score (nSPS) is 10.3. The third-order valence-corrected chi connectivity index (χ3v) is 2.54. The van der Waals surface area contributed by atoms with Crippen molar-refractivity contribution in [2.75, 3.05) is 5.73 Å². The lowest BCUT2D eigenvalue weighted by Crippen LogP contribution is -1.99. The number of nitrogen functional groups attached to an aromatic ring is 1. The molecule has 2 heterocycles. The predicted molar refractivity (Wildman–Crippen MR) is 68.6 cm³/mol. The maximum Gasteiger partial charge on any atom is 0.265 e. The molecule has 0 spiro atoms. The Balaban J connectivity index is 2.05. The van der Waals surface area contributed by atoms with Crippen LogP contribution in [0.3, 0.4) is 0 Å². The smallest absolute Gasteiger partial charge is 0.265 e. The molecule has 0 unspecified atom stereocenters. The number of nitriles is 1. The van der Waals surface area contributed by atoms with Gasteiger partial charge in [-0.3, -0.25) is 4.40 Å². The van der Waals surface area contributed by atoms with Gasteiger partial charge in [0, 0.05) is 12.4 Å². The number of rotatable bonds is 2. The summed E-state index contributed by atoms with van der Waals surface area (Å²) in [6.07, 6.45) is 5.04. The van der Waals surface area contributed by atoms with Crippen LogP contribution in [-0.2, 0) is 0 Å². The van der Waals surface area contributed by atoms with E-state index in [4.69, 9.17) is 15.7 Å². The monoisotopic (exact) mass is 251 g/mol. The molecule has 0 saturated carbocycles. The lowest BCUT2D eigenvalue weighted by molar-refractivity contribution is 0.466. The first-order chi connectivity index (χ1) is 9.26. The Kier molecular flexibility index (Phi) is 2.50. The molecule has 92 valence electrons. The lowest BCUT2D eigenvalue weighted by atomic mass is 10.2. The molecule has 6 nitrogen and oxygen atoms in total. The maximum absolute atomic E-state index is 8.85. The number of nitrogens with zero attached hydrogens (tertiary/aromatic N) is 4. The molecule has 0 fully saturated rings. The second kappa shape index (κ2) is 4.31. The Bertz CT molecular complexity index is 787. The minimum atomic E-state index is 0.306. The molecule has 0 atom stereocenters. The molecule has 3 rings (SSSR count). The van der Waals surface area contributed by atoms with Crippen molar-refractivity contribution in [2.45, 2.75) is 0 Å². The second-order valence-corrected chi connectivity index (χ2v) is 3.87. The molecule has 0 bridgehead atoms. The SMILES string of the molecule is N#Cc1cccc(Oc2nc(N)cn3ccnc23)c1. The van der Waals surface area contributed by atoms with Crippen LogP contribution in [0.5, 0.6) is 11.6 Å².